The van der Waals surface area contributed by atoms with Crippen molar-refractivity contribution < 1.29 is 0 Å². The van der Waals surface area contributed by atoms with E-state index in [1.807, 2.05) is 0 Å². The minimum Gasteiger partial charge on any atom is -0.329 e. The quantitative estimate of drug-likeness (QED) is 0.698. The molecule has 0 spiro atoms. The highest BCUT2D eigenvalue weighted by molar-refractivity contribution is 5.03. The molecule has 2 heteroatoms. The van der Waals surface area contributed by atoms with Crippen LogP contribution >= 0.6 is 0 Å². The first-order chi connectivity index (χ1) is 7.24. The Bertz CT molecular complexity index is 219. The second kappa shape index (κ2) is 4.67. The summed E-state index contributed by atoms with van der Waals surface area (Å²) in [6.07, 6.45) is 12.2. The molecule has 0 unspecified atom stereocenters. The van der Waals surface area contributed by atoms with E-state index in [2.05, 4.69) is 24.4 Å². The van der Waals surface area contributed by atoms with Crippen molar-refractivity contribution in [2.24, 2.45) is 11.7 Å². The maximum Gasteiger partial charge on any atom is 0.0306 e. The highest BCUT2D eigenvalue weighted by Crippen LogP contribution is 2.32. The Morgan fingerprint density at radius 2 is 1.87 bits per heavy atom. The summed E-state index contributed by atoms with van der Waals surface area (Å²) in [5.74, 6) is 0.896. The van der Waals surface area contributed by atoms with Gasteiger partial charge in [0.15, 0.2) is 0 Å². The summed E-state index contributed by atoms with van der Waals surface area (Å²) < 4.78 is 0. The van der Waals surface area contributed by atoms with Crippen LogP contribution in [0.4, 0.5) is 0 Å². The Labute approximate surface area is 93.3 Å². The summed E-state index contributed by atoms with van der Waals surface area (Å²) in [4.78, 5) is 0. The van der Waals surface area contributed by atoms with Gasteiger partial charge in [-0.15, -0.1) is 0 Å². The highest BCUT2D eigenvalue weighted by atomic mass is 15.0. The van der Waals surface area contributed by atoms with Gasteiger partial charge in [0.25, 0.3) is 0 Å². The summed E-state index contributed by atoms with van der Waals surface area (Å²) in [6.45, 7) is 3.16. The zero-order valence-electron chi connectivity index (χ0n) is 9.84. The van der Waals surface area contributed by atoms with Gasteiger partial charge in [-0.1, -0.05) is 19.1 Å². The molecule has 1 saturated carbocycles. The number of nitrogens with one attached hydrogen (secondary N) is 1. The maximum absolute atomic E-state index is 5.98. The lowest BCUT2D eigenvalue weighted by molar-refractivity contribution is 0.184. The van der Waals surface area contributed by atoms with E-state index in [9.17, 15) is 0 Å². The Kier molecular flexibility index (Phi) is 3.47. The van der Waals surface area contributed by atoms with Crippen LogP contribution in [0.15, 0.2) is 12.2 Å². The van der Waals surface area contributed by atoms with Crippen LogP contribution in [-0.2, 0) is 0 Å². The second-order valence-electron chi connectivity index (χ2n) is 5.45. The lowest BCUT2D eigenvalue weighted by Crippen LogP contribution is -2.56. The van der Waals surface area contributed by atoms with E-state index in [1.54, 1.807) is 0 Å². The third-order valence-electron chi connectivity index (χ3n) is 4.14. The molecule has 86 valence electrons. The van der Waals surface area contributed by atoms with Crippen molar-refractivity contribution in [1.82, 2.24) is 5.32 Å². The molecule has 0 atom stereocenters. The summed E-state index contributed by atoms with van der Waals surface area (Å²) in [7, 11) is 0. The molecule has 15 heavy (non-hydrogen) atoms. The van der Waals surface area contributed by atoms with Gasteiger partial charge in [0, 0.05) is 18.1 Å². The molecule has 0 heterocycles. The Balaban J connectivity index is 1.90. The van der Waals surface area contributed by atoms with Crippen molar-refractivity contribution in [3.63, 3.8) is 0 Å². The summed E-state index contributed by atoms with van der Waals surface area (Å²) >= 11 is 0. The van der Waals surface area contributed by atoms with Gasteiger partial charge < -0.3 is 11.1 Å². The van der Waals surface area contributed by atoms with Gasteiger partial charge in [-0.2, -0.15) is 0 Å². The fourth-order valence-corrected chi connectivity index (χ4v) is 2.89. The fraction of sp³-hybridized carbons (Fsp3) is 0.846. The van der Waals surface area contributed by atoms with Crippen LogP contribution in [-0.4, -0.2) is 18.1 Å². The van der Waals surface area contributed by atoms with Crippen molar-refractivity contribution in [2.75, 3.05) is 6.54 Å². The van der Waals surface area contributed by atoms with Gasteiger partial charge in [0.2, 0.25) is 0 Å². The number of hydrogen-bond donors (Lipinski definition) is 2. The van der Waals surface area contributed by atoms with Crippen LogP contribution in [0, 0.1) is 5.92 Å². The van der Waals surface area contributed by atoms with Crippen molar-refractivity contribution in [2.45, 2.75) is 57.0 Å². The van der Waals surface area contributed by atoms with Crippen molar-refractivity contribution in [3.05, 3.63) is 12.2 Å². The van der Waals surface area contributed by atoms with Gasteiger partial charge in [0.1, 0.15) is 0 Å². The Morgan fingerprint density at radius 3 is 2.40 bits per heavy atom. The van der Waals surface area contributed by atoms with E-state index in [0.717, 1.165) is 12.5 Å². The summed E-state index contributed by atoms with van der Waals surface area (Å²) in [5.41, 5.74) is 6.23. The van der Waals surface area contributed by atoms with Crippen molar-refractivity contribution in [1.29, 1.82) is 0 Å². The van der Waals surface area contributed by atoms with Gasteiger partial charge in [-0.05, 0) is 44.4 Å². The average molecular weight is 208 g/mol. The zero-order valence-corrected chi connectivity index (χ0v) is 9.84. The van der Waals surface area contributed by atoms with Crippen LogP contribution in [0.1, 0.15) is 45.4 Å². The van der Waals surface area contributed by atoms with Gasteiger partial charge in [0.05, 0.1) is 0 Å². The molecule has 2 aliphatic rings. The third kappa shape index (κ3) is 2.61. The topological polar surface area (TPSA) is 38.0 Å². The Hall–Kier alpha value is -0.340. The normalized spacial score (nSPS) is 37.3. The molecule has 0 aliphatic heterocycles. The van der Waals surface area contributed by atoms with Crippen molar-refractivity contribution >= 4 is 0 Å². The minimum atomic E-state index is 0.253. The number of nitrogens with two attached hydrogens (primary N) is 1. The molecule has 0 aromatic heterocycles. The fourth-order valence-electron chi connectivity index (χ4n) is 2.89. The van der Waals surface area contributed by atoms with E-state index in [1.165, 1.54) is 38.5 Å². The SMILES string of the molecule is CC1CCC(CN)(NC2CC=CC2)CC1. The van der Waals surface area contributed by atoms with Crippen LogP contribution in [0.25, 0.3) is 0 Å². The monoisotopic (exact) mass is 208 g/mol. The molecule has 0 aromatic rings. The van der Waals surface area contributed by atoms with E-state index >= 15 is 0 Å². The molecule has 3 N–H and O–H groups in total. The molecular weight excluding hydrogens is 184 g/mol. The Morgan fingerprint density at radius 1 is 1.27 bits per heavy atom. The largest absolute Gasteiger partial charge is 0.329 e. The first kappa shape index (κ1) is 11.2. The number of rotatable bonds is 3. The van der Waals surface area contributed by atoms with Gasteiger partial charge >= 0.3 is 0 Å². The summed E-state index contributed by atoms with van der Waals surface area (Å²) in [6, 6.07) is 0.655. The zero-order chi connectivity index (χ0) is 10.7. The van der Waals surface area contributed by atoms with E-state index in [-0.39, 0.29) is 5.54 Å². The first-order valence-corrected chi connectivity index (χ1v) is 6.37. The predicted molar refractivity (Wildman–Crippen MR) is 64.7 cm³/mol. The van der Waals surface area contributed by atoms with Gasteiger partial charge in [-0.25, -0.2) is 0 Å². The molecule has 0 amide bonds. The standard InChI is InChI=1S/C13H24N2/c1-11-6-8-13(10-14,9-7-11)15-12-4-2-3-5-12/h2-3,11-12,15H,4-10,14H2,1H3. The minimum absolute atomic E-state index is 0.253. The predicted octanol–water partition coefficient (Wildman–Crippen LogP) is 2.20. The van der Waals surface area contributed by atoms with Crippen molar-refractivity contribution in [3.8, 4) is 0 Å². The molecule has 0 bridgehead atoms. The number of hydrogen-bond acceptors (Lipinski definition) is 2. The first-order valence-electron chi connectivity index (χ1n) is 6.37. The molecule has 2 aliphatic carbocycles. The molecule has 2 rings (SSSR count). The van der Waals surface area contributed by atoms with E-state index < -0.39 is 0 Å². The molecule has 2 nitrogen and oxygen atoms in total. The summed E-state index contributed by atoms with van der Waals surface area (Å²) in [5, 5.41) is 3.81. The van der Waals surface area contributed by atoms with E-state index in [4.69, 9.17) is 5.73 Å². The molecule has 0 saturated heterocycles. The van der Waals surface area contributed by atoms with Crippen LogP contribution in [0.3, 0.4) is 0 Å². The third-order valence-corrected chi connectivity index (χ3v) is 4.14. The van der Waals surface area contributed by atoms with Crippen LogP contribution < -0.4 is 11.1 Å². The van der Waals surface area contributed by atoms with Crippen LogP contribution in [0.5, 0.6) is 0 Å². The lowest BCUT2D eigenvalue weighted by Gasteiger charge is -2.41. The van der Waals surface area contributed by atoms with Crippen LogP contribution in [0.2, 0.25) is 0 Å². The second-order valence-corrected chi connectivity index (χ2v) is 5.45. The lowest BCUT2D eigenvalue weighted by atomic mass is 9.76. The molecule has 0 radical (unpaired) electrons. The average Bonchev–Trinajstić information content (AvgIpc) is 2.75. The molecule has 0 aromatic carbocycles. The maximum atomic E-state index is 5.98. The smallest absolute Gasteiger partial charge is 0.0306 e. The van der Waals surface area contributed by atoms with Gasteiger partial charge in [-0.3, -0.25) is 0 Å². The van der Waals surface area contributed by atoms with E-state index in [0.29, 0.717) is 6.04 Å². The molecule has 1 fully saturated rings. The molecular formula is C13H24N2. The highest BCUT2D eigenvalue weighted by Gasteiger charge is 2.34.